The summed E-state index contributed by atoms with van der Waals surface area (Å²) in [5.41, 5.74) is 2.76. The Kier molecular flexibility index (Phi) is 5.03. The molecule has 0 saturated carbocycles. The second-order valence-corrected chi connectivity index (χ2v) is 8.57. The van der Waals surface area contributed by atoms with Gasteiger partial charge in [0.1, 0.15) is 0 Å². The van der Waals surface area contributed by atoms with Gasteiger partial charge in [-0.1, -0.05) is 20.8 Å². The van der Waals surface area contributed by atoms with Crippen LogP contribution in [0.15, 0.2) is 6.20 Å². The van der Waals surface area contributed by atoms with Crippen molar-refractivity contribution in [2.75, 3.05) is 20.2 Å². The van der Waals surface area contributed by atoms with Gasteiger partial charge in [0.15, 0.2) is 0 Å². The minimum absolute atomic E-state index is 0.0291. The number of nitrogens with zero attached hydrogens (tertiary/aromatic N) is 3. The third-order valence-electron chi connectivity index (χ3n) is 4.53. The summed E-state index contributed by atoms with van der Waals surface area (Å²) < 4.78 is 7.60. The molecule has 0 aliphatic carbocycles. The van der Waals surface area contributed by atoms with Crippen LogP contribution in [0.4, 0.5) is 0 Å². The highest BCUT2D eigenvalue weighted by Gasteiger charge is 2.27. The lowest BCUT2D eigenvalue weighted by atomic mass is 9.87. The molecule has 22 heavy (non-hydrogen) atoms. The van der Waals surface area contributed by atoms with Gasteiger partial charge in [0.05, 0.1) is 17.3 Å². The van der Waals surface area contributed by atoms with E-state index in [1.807, 2.05) is 7.11 Å². The van der Waals surface area contributed by atoms with E-state index < -0.39 is 0 Å². The van der Waals surface area contributed by atoms with E-state index in [1.54, 1.807) is 0 Å². The van der Waals surface area contributed by atoms with E-state index in [0.29, 0.717) is 6.10 Å². The predicted octanol–water partition coefficient (Wildman–Crippen LogP) is 3.55. The lowest BCUT2D eigenvalue weighted by molar-refractivity contribution is 0.0383. The van der Waals surface area contributed by atoms with Crippen LogP contribution in [-0.2, 0) is 22.2 Å². The molecule has 0 atom stereocenters. The van der Waals surface area contributed by atoms with Crippen LogP contribution in [0.1, 0.15) is 65.6 Å². The van der Waals surface area contributed by atoms with Gasteiger partial charge in [0, 0.05) is 38.5 Å². The number of hydrogen-bond donors (Lipinski definition) is 0. The number of piperidine rings is 1. The zero-order valence-electron chi connectivity index (χ0n) is 15.4. The summed E-state index contributed by atoms with van der Waals surface area (Å²) in [6.45, 7) is 16.6. The Balaban J connectivity index is 2.17. The van der Waals surface area contributed by atoms with Crippen LogP contribution in [0.3, 0.4) is 0 Å². The maximum Gasteiger partial charge on any atom is 0.0802 e. The van der Waals surface area contributed by atoms with E-state index in [0.717, 1.165) is 32.5 Å². The first kappa shape index (κ1) is 17.5. The Morgan fingerprint density at radius 2 is 1.73 bits per heavy atom. The molecular weight excluding hydrogens is 274 g/mol. The van der Waals surface area contributed by atoms with E-state index in [4.69, 9.17) is 9.84 Å². The molecule has 0 aromatic carbocycles. The Morgan fingerprint density at radius 1 is 1.14 bits per heavy atom. The quantitative estimate of drug-likeness (QED) is 0.855. The number of ether oxygens (including phenoxy) is 1. The van der Waals surface area contributed by atoms with E-state index in [2.05, 4.69) is 57.3 Å². The molecule has 1 aliphatic rings. The molecular formula is C18H33N3O. The van der Waals surface area contributed by atoms with Gasteiger partial charge in [-0.05, 0) is 39.0 Å². The molecule has 0 spiro atoms. The first-order valence-electron chi connectivity index (χ1n) is 8.46. The summed E-state index contributed by atoms with van der Waals surface area (Å²) in [5, 5.41) is 4.92. The van der Waals surface area contributed by atoms with Crippen molar-refractivity contribution in [3.05, 3.63) is 17.5 Å². The zero-order valence-corrected chi connectivity index (χ0v) is 15.4. The smallest absolute Gasteiger partial charge is 0.0802 e. The minimum Gasteiger partial charge on any atom is -0.381 e. The Bertz CT molecular complexity index is 485. The van der Waals surface area contributed by atoms with Crippen LogP contribution in [0.2, 0.25) is 0 Å². The van der Waals surface area contributed by atoms with Crippen molar-refractivity contribution in [3.8, 4) is 0 Å². The summed E-state index contributed by atoms with van der Waals surface area (Å²) in [6, 6.07) is 0. The first-order valence-corrected chi connectivity index (χ1v) is 8.46. The van der Waals surface area contributed by atoms with Gasteiger partial charge < -0.3 is 4.74 Å². The standard InChI is InChI=1S/C18H33N3O/c1-17(2,3)15-12-21(18(4,5)6)19-16(15)13-20-10-8-14(22-7)9-11-20/h12,14H,8-11,13H2,1-7H3. The van der Waals surface area contributed by atoms with Crippen LogP contribution in [0.25, 0.3) is 0 Å². The van der Waals surface area contributed by atoms with Gasteiger partial charge in [0.2, 0.25) is 0 Å². The molecule has 0 radical (unpaired) electrons. The monoisotopic (exact) mass is 307 g/mol. The van der Waals surface area contributed by atoms with Crippen LogP contribution >= 0.6 is 0 Å². The second-order valence-electron chi connectivity index (χ2n) is 8.57. The molecule has 1 aromatic heterocycles. The SMILES string of the molecule is COC1CCN(Cc2nn(C(C)(C)C)cc2C(C)(C)C)CC1. The number of hydrogen-bond acceptors (Lipinski definition) is 3. The van der Waals surface area contributed by atoms with Gasteiger partial charge in [-0.15, -0.1) is 0 Å². The number of likely N-dealkylation sites (tertiary alicyclic amines) is 1. The van der Waals surface area contributed by atoms with Gasteiger partial charge in [-0.3, -0.25) is 9.58 Å². The Hall–Kier alpha value is -0.870. The molecule has 1 saturated heterocycles. The summed E-state index contributed by atoms with van der Waals surface area (Å²) in [5.74, 6) is 0. The van der Waals surface area contributed by atoms with Crippen molar-refractivity contribution in [1.82, 2.24) is 14.7 Å². The first-order chi connectivity index (χ1) is 10.1. The topological polar surface area (TPSA) is 30.3 Å². The van der Waals surface area contributed by atoms with Crippen LogP contribution in [-0.4, -0.2) is 41.0 Å². The van der Waals surface area contributed by atoms with Gasteiger partial charge in [-0.2, -0.15) is 5.10 Å². The highest BCUT2D eigenvalue weighted by atomic mass is 16.5. The molecule has 2 rings (SSSR count). The van der Waals surface area contributed by atoms with E-state index in [1.165, 1.54) is 11.3 Å². The molecule has 4 heteroatoms. The lowest BCUT2D eigenvalue weighted by Crippen LogP contribution is -2.36. The van der Waals surface area contributed by atoms with Gasteiger partial charge in [-0.25, -0.2) is 0 Å². The minimum atomic E-state index is 0.0291. The molecule has 0 N–H and O–H groups in total. The molecule has 126 valence electrons. The zero-order chi connectivity index (χ0) is 16.5. The number of rotatable bonds is 3. The van der Waals surface area contributed by atoms with Crippen molar-refractivity contribution in [2.24, 2.45) is 0 Å². The average molecular weight is 307 g/mol. The van der Waals surface area contributed by atoms with Crippen molar-refractivity contribution < 1.29 is 4.74 Å². The summed E-state index contributed by atoms with van der Waals surface area (Å²) in [6.07, 6.45) is 4.94. The normalized spacial score (nSPS) is 18.9. The fraction of sp³-hybridized carbons (Fsp3) is 0.833. The predicted molar refractivity (Wildman–Crippen MR) is 91.2 cm³/mol. The van der Waals surface area contributed by atoms with Crippen molar-refractivity contribution >= 4 is 0 Å². The highest BCUT2D eigenvalue weighted by molar-refractivity contribution is 5.26. The Labute approximate surface area is 135 Å². The van der Waals surface area contributed by atoms with E-state index >= 15 is 0 Å². The van der Waals surface area contributed by atoms with Crippen LogP contribution in [0.5, 0.6) is 0 Å². The third-order valence-corrected chi connectivity index (χ3v) is 4.53. The Morgan fingerprint density at radius 3 is 2.18 bits per heavy atom. The fourth-order valence-corrected chi connectivity index (χ4v) is 3.01. The molecule has 1 aliphatic heterocycles. The summed E-state index contributed by atoms with van der Waals surface area (Å²) in [7, 11) is 1.82. The van der Waals surface area contributed by atoms with Crippen molar-refractivity contribution in [3.63, 3.8) is 0 Å². The fourth-order valence-electron chi connectivity index (χ4n) is 3.01. The number of aromatic nitrogens is 2. The largest absolute Gasteiger partial charge is 0.381 e. The molecule has 0 unspecified atom stereocenters. The van der Waals surface area contributed by atoms with Gasteiger partial charge >= 0.3 is 0 Å². The molecule has 2 heterocycles. The van der Waals surface area contributed by atoms with Crippen LogP contribution in [0, 0.1) is 0 Å². The highest BCUT2D eigenvalue weighted by Crippen LogP contribution is 2.29. The lowest BCUT2D eigenvalue weighted by Gasteiger charge is -2.31. The summed E-state index contributed by atoms with van der Waals surface area (Å²) in [4.78, 5) is 2.51. The number of methoxy groups -OCH3 is 1. The molecule has 0 amide bonds. The maximum atomic E-state index is 5.47. The average Bonchev–Trinajstić information content (AvgIpc) is 2.83. The molecule has 1 fully saturated rings. The maximum absolute atomic E-state index is 5.47. The van der Waals surface area contributed by atoms with Crippen LogP contribution < -0.4 is 0 Å². The molecule has 0 bridgehead atoms. The summed E-state index contributed by atoms with van der Waals surface area (Å²) >= 11 is 0. The van der Waals surface area contributed by atoms with Gasteiger partial charge in [0.25, 0.3) is 0 Å². The third kappa shape index (κ3) is 4.11. The van der Waals surface area contributed by atoms with E-state index in [9.17, 15) is 0 Å². The molecule has 1 aromatic rings. The molecule has 4 nitrogen and oxygen atoms in total. The van der Waals surface area contributed by atoms with E-state index in [-0.39, 0.29) is 11.0 Å². The van der Waals surface area contributed by atoms with Crippen molar-refractivity contribution in [1.29, 1.82) is 0 Å². The second kappa shape index (κ2) is 6.32. The van der Waals surface area contributed by atoms with Crippen molar-refractivity contribution in [2.45, 2.75) is 78.0 Å².